The molecule has 0 heterocycles. The van der Waals surface area contributed by atoms with Crippen molar-refractivity contribution in [2.75, 3.05) is 27.2 Å². The molecule has 0 aliphatic heterocycles. The van der Waals surface area contributed by atoms with Crippen molar-refractivity contribution in [3.8, 4) is 5.75 Å². The fraction of sp³-hybridized carbons (Fsp3) is 0.462. The van der Waals surface area contributed by atoms with E-state index in [-0.39, 0.29) is 18.3 Å². The predicted octanol–water partition coefficient (Wildman–Crippen LogP) is 2.86. The van der Waals surface area contributed by atoms with E-state index in [1.807, 2.05) is 7.05 Å². The summed E-state index contributed by atoms with van der Waals surface area (Å²) in [6.45, 7) is 3.05. The number of rotatable bonds is 6. The molecule has 0 fully saturated rings. The van der Waals surface area contributed by atoms with Gasteiger partial charge in [0.1, 0.15) is 5.75 Å². The summed E-state index contributed by atoms with van der Waals surface area (Å²) in [5, 5.41) is 3.91. The van der Waals surface area contributed by atoms with Crippen molar-refractivity contribution in [3.63, 3.8) is 0 Å². The first-order chi connectivity index (χ1) is 8.95. The fourth-order valence-electron chi connectivity index (χ4n) is 1.51. The molecule has 0 spiro atoms. The molecule has 1 unspecified atom stereocenters. The third kappa shape index (κ3) is 5.75. The van der Waals surface area contributed by atoms with E-state index in [1.54, 1.807) is 37.1 Å². The van der Waals surface area contributed by atoms with Crippen molar-refractivity contribution in [2.24, 2.45) is 0 Å². The van der Waals surface area contributed by atoms with E-state index in [0.29, 0.717) is 22.3 Å². The van der Waals surface area contributed by atoms with Gasteiger partial charge in [-0.2, -0.15) is 0 Å². The lowest BCUT2D eigenvalue weighted by molar-refractivity contribution is -0.136. The number of hydrogen-bond acceptors (Lipinski definition) is 3. The predicted molar refractivity (Wildman–Crippen MR) is 85.4 cm³/mol. The lowest BCUT2D eigenvalue weighted by atomic mass is 10.3. The average Bonchev–Trinajstić information content (AvgIpc) is 2.38. The lowest BCUT2D eigenvalue weighted by Gasteiger charge is -2.22. The first-order valence-electron chi connectivity index (χ1n) is 5.97. The Balaban J connectivity index is 0.00000361. The van der Waals surface area contributed by atoms with Gasteiger partial charge in [-0.3, -0.25) is 4.79 Å². The molecular weight excluding hydrogens is 323 g/mol. The fourth-order valence-corrected chi connectivity index (χ4v) is 1.96. The highest BCUT2D eigenvalue weighted by Gasteiger charge is 2.19. The highest BCUT2D eigenvalue weighted by atomic mass is 35.5. The molecule has 4 nitrogen and oxygen atoms in total. The first kappa shape index (κ1) is 19.3. The molecule has 114 valence electrons. The summed E-state index contributed by atoms with van der Waals surface area (Å²) in [6.07, 6.45) is -0.597. The third-order valence-corrected chi connectivity index (χ3v) is 3.15. The smallest absolute Gasteiger partial charge is 0.263 e. The Bertz CT molecular complexity index is 444. The van der Waals surface area contributed by atoms with Gasteiger partial charge in [-0.1, -0.05) is 23.2 Å². The summed E-state index contributed by atoms with van der Waals surface area (Å²) in [5.74, 6) is 0.357. The maximum absolute atomic E-state index is 12.0. The van der Waals surface area contributed by atoms with Gasteiger partial charge >= 0.3 is 0 Å². The topological polar surface area (TPSA) is 41.6 Å². The van der Waals surface area contributed by atoms with Crippen LogP contribution < -0.4 is 10.1 Å². The van der Waals surface area contributed by atoms with Crippen molar-refractivity contribution >= 4 is 41.5 Å². The van der Waals surface area contributed by atoms with E-state index in [1.165, 1.54) is 0 Å². The number of nitrogens with one attached hydrogen (secondary N) is 1. The van der Waals surface area contributed by atoms with Gasteiger partial charge in [0.05, 0.1) is 5.02 Å². The van der Waals surface area contributed by atoms with Gasteiger partial charge in [0.2, 0.25) is 0 Å². The normalized spacial score (nSPS) is 11.4. The third-order valence-electron chi connectivity index (χ3n) is 2.62. The highest BCUT2D eigenvalue weighted by molar-refractivity contribution is 6.35. The Morgan fingerprint density at radius 2 is 2.10 bits per heavy atom. The van der Waals surface area contributed by atoms with Gasteiger partial charge in [-0.05, 0) is 32.2 Å². The first-order valence-corrected chi connectivity index (χ1v) is 6.72. The Hall–Kier alpha value is -0.680. The summed E-state index contributed by atoms with van der Waals surface area (Å²) in [5.41, 5.74) is 0. The molecule has 0 bridgehead atoms. The Labute approximate surface area is 135 Å². The van der Waals surface area contributed by atoms with Crippen molar-refractivity contribution in [1.29, 1.82) is 0 Å². The van der Waals surface area contributed by atoms with Gasteiger partial charge in [-0.25, -0.2) is 0 Å². The van der Waals surface area contributed by atoms with Crippen LogP contribution in [-0.4, -0.2) is 44.1 Å². The molecule has 0 aromatic heterocycles. The zero-order chi connectivity index (χ0) is 14.4. The van der Waals surface area contributed by atoms with E-state index >= 15 is 0 Å². The summed E-state index contributed by atoms with van der Waals surface area (Å²) >= 11 is 11.8. The average molecular weight is 342 g/mol. The van der Waals surface area contributed by atoms with Crippen LogP contribution >= 0.6 is 35.6 Å². The number of likely N-dealkylation sites (N-methyl/N-ethyl adjacent to an activating group) is 2. The molecule has 0 saturated heterocycles. The Kier molecular flexibility index (Phi) is 8.98. The van der Waals surface area contributed by atoms with E-state index in [2.05, 4.69) is 5.32 Å². The largest absolute Gasteiger partial charge is 0.479 e. The SMILES string of the molecule is CNCCN(C)C(=O)C(C)Oc1ccc(Cl)cc1Cl.Cl. The molecule has 0 saturated carbocycles. The van der Waals surface area contributed by atoms with E-state index in [4.69, 9.17) is 27.9 Å². The number of nitrogens with zero attached hydrogens (tertiary/aromatic N) is 1. The molecule has 0 aliphatic rings. The summed E-state index contributed by atoms with van der Waals surface area (Å²) < 4.78 is 5.56. The van der Waals surface area contributed by atoms with Crippen LogP contribution in [0.1, 0.15) is 6.92 Å². The van der Waals surface area contributed by atoms with Crippen molar-refractivity contribution < 1.29 is 9.53 Å². The number of ether oxygens (including phenoxy) is 1. The van der Waals surface area contributed by atoms with Crippen molar-refractivity contribution in [1.82, 2.24) is 10.2 Å². The molecule has 1 aromatic rings. The quantitative estimate of drug-likeness (QED) is 0.865. The van der Waals surface area contributed by atoms with Crippen molar-refractivity contribution in [2.45, 2.75) is 13.0 Å². The second kappa shape index (κ2) is 9.29. The van der Waals surface area contributed by atoms with Crippen LogP contribution in [0.3, 0.4) is 0 Å². The minimum absolute atomic E-state index is 0. The summed E-state index contributed by atoms with van der Waals surface area (Å²) in [7, 11) is 3.58. The van der Waals surface area contributed by atoms with E-state index < -0.39 is 6.10 Å². The van der Waals surface area contributed by atoms with E-state index in [9.17, 15) is 4.79 Å². The summed E-state index contributed by atoms with van der Waals surface area (Å²) in [4.78, 5) is 13.7. The van der Waals surface area contributed by atoms with Crippen LogP contribution in [0.25, 0.3) is 0 Å². The minimum Gasteiger partial charge on any atom is -0.479 e. The van der Waals surface area contributed by atoms with Crippen LogP contribution in [0, 0.1) is 0 Å². The molecule has 1 atom stereocenters. The summed E-state index contributed by atoms with van der Waals surface area (Å²) in [6, 6.07) is 4.91. The number of carbonyl (C=O) groups is 1. The number of hydrogen-bond donors (Lipinski definition) is 1. The standard InChI is InChI=1S/C13H18Cl2N2O2.ClH/c1-9(13(18)17(3)7-6-16-2)19-12-5-4-10(14)8-11(12)15;/h4-5,8-9,16H,6-7H2,1-3H3;1H. The van der Waals surface area contributed by atoms with E-state index in [0.717, 1.165) is 6.54 Å². The minimum atomic E-state index is -0.597. The number of halogens is 3. The zero-order valence-corrected chi connectivity index (χ0v) is 14.0. The molecule has 0 radical (unpaired) electrons. The molecule has 0 aliphatic carbocycles. The molecule has 20 heavy (non-hydrogen) atoms. The number of amides is 1. The van der Waals surface area contributed by atoms with Gasteiger partial charge in [0.25, 0.3) is 5.91 Å². The highest BCUT2D eigenvalue weighted by Crippen LogP contribution is 2.28. The maximum atomic E-state index is 12.0. The van der Waals surface area contributed by atoms with Gasteiger partial charge < -0.3 is 15.0 Å². The van der Waals surface area contributed by atoms with Crippen LogP contribution in [0.5, 0.6) is 5.75 Å². The molecule has 1 rings (SSSR count). The van der Waals surface area contributed by atoms with Gasteiger partial charge in [0.15, 0.2) is 6.10 Å². The van der Waals surface area contributed by atoms with Gasteiger partial charge in [0, 0.05) is 25.2 Å². The molecule has 7 heteroatoms. The molecule has 1 amide bonds. The Morgan fingerprint density at radius 1 is 1.45 bits per heavy atom. The monoisotopic (exact) mass is 340 g/mol. The zero-order valence-electron chi connectivity index (χ0n) is 11.7. The lowest BCUT2D eigenvalue weighted by Crippen LogP contribution is -2.40. The van der Waals surface area contributed by atoms with Crippen LogP contribution in [0.2, 0.25) is 10.0 Å². The molecular formula is C13H19Cl3N2O2. The van der Waals surface area contributed by atoms with Crippen LogP contribution in [-0.2, 0) is 4.79 Å². The molecule has 1 N–H and O–H groups in total. The Morgan fingerprint density at radius 3 is 2.65 bits per heavy atom. The number of benzene rings is 1. The van der Waals surface area contributed by atoms with Crippen molar-refractivity contribution in [3.05, 3.63) is 28.2 Å². The van der Waals surface area contributed by atoms with Crippen LogP contribution in [0.15, 0.2) is 18.2 Å². The second-order valence-electron chi connectivity index (χ2n) is 4.20. The van der Waals surface area contributed by atoms with Gasteiger partial charge in [-0.15, -0.1) is 12.4 Å². The van der Waals surface area contributed by atoms with Crippen LogP contribution in [0.4, 0.5) is 0 Å². The molecule has 1 aromatic carbocycles. The maximum Gasteiger partial charge on any atom is 0.263 e. The second-order valence-corrected chi connectivity index (χ2v) is 5.04. The number of carbonyl (C=O) groups excluding carboxylic acids is 1.